The smallest absolute Gasteiger partial charge is 0.338 e. The minimum Gasteiger partial charge on any atom is -0.460 e. The van der Waals surface area contributed by atoms with Crippen LogP contribution in [0.1, 0.15) is 48.3 Å². The molecule has 1 aliphatic rings. The number of hydrogen-bond donors (Lipinski definition) is 1. The molecule has 0 radical (unpaired) electrons. The normalized spacial score (nSPS) is 13.6. The van der Waals surface area contributed by atoms with E-state index in [4.69, 9.17) is 74.3 Å². The van der Waals surface area contributed by atoms with Crippen molar-refractivity contribution in [2.45, 2.75) is 19.4 Å². The molecule has 1 N–H and O–H groups in total. The lowest BCUT2D eigenvalue weighted by Crippen LogP contribution is -2.31. The Bertz CT molecular complexity index is 2670. The number of halogens is 6. The van der Waals surface area contributed by atoms with E-state index < -0.39 is 30.7 Å². The predicted molar refractivity (Wildman–Crippen MR) is 231 cm³/mol. The number of alkyl halides is 6. The number of rotatable bonds is 9. The summed E-state index contributed by atoms with van der Waals surface area (Å²) in [6.07, 6.45) is 0. The van der Waals surface area contributed by atoms with Gasteiger partial charge in [-0.3, -0.25) is 14.4 Å². The molecule has 6 aromatic rings. The zero-order valence-electron chi connectivity index (χ0n) is 29.6. The van der Waals surface area contributed by atoms with Gasteiger partial charge in [0.05, 0.1) is 17.8 Å². The fourth-order valence-electron chi connectivity index (χ4n) is 5.78. The molecule has 0 spiro atoms. The number of benzene rings is 4. The number of anilines is 1. The van der Waals surface area contributed by atoms with Gasteiger partial charge >= 0.3 is 5.97 Å². The zero-order chi connectivity index (χ0) is 41.4. The Labute approximate surface area is 368 Å². The molecule has 1 aliphatic heterocycles. The summed E-state index contributed by atoms with van der Waals surface area (Å²) in [7, 11) is 0. The number of nitrogens with one attached hydrogen (secondary N) is 1. The number of aromatic amines is 1. The van der Waals surface area contributed by atoms with Crippen LogP contribution in [0.25, 0.3) is 22.0 Å². The van der Waals surface area contributed by atoms with E-state index in [1.54, 1.807) is 72.8 Å². The molecule has 294 valence electrons. The molecule has 0 saturated heterocycles. The maximum atomic E-state index is 13.9. The van der Waals surface area contributed by atoms with Crippen LogP contribution >= 0.6 is 92.7 Å². The van der Waals surface area contributed by atoms with Crippen LogP contribution in [0.2, 0.25) is 0 Å². The summed E-state index contributed by atoms with van der Waals surface area (Å²) in [5, 5.41) is 0.554. The van der Waals surface area contributed by atoms with Crippen molar-refractivity contribution in [1.29, 1.82) is 0 Å². The molecule has 0 aliphatic carbocycles. The van der Waals surface area contributed by atoms with Gasteiger partial charge < -0.3 is 14.6 Å². The molecule has 4 aromatic carbocycles. The van der Waals surface area contributed by atoms with Crippen LogP contribution in [0, 0.1) is 6.92 Å². The van der Waals surface area contributed by atoms with Gasteiger partial charge in [0.25, 0.3) is 5.56 Å². The fraction of sp³-hybridized carbons (Fsp3) is 0.125. The van der Waals surface area contributed by atoms with Crippen molar-refractivity contribution in [3.63, 3.8) is 0 Å². The third kappa shape index (κ3) is 9.15. The number of aromatic nitrogens is 4. The van der Waals surface area contributed by atoms with Crippen LogP contribution < -0.4 is 19.7 Å². The lowest BCUT2D eigenvalue weighted by molar-refractivity contribution is 0.0517. The van der Waals surface area contributed by atoms with Gasteiger partial charge in [0.15, 0.2) is 29.0 Å². The van der Waals surface area contributed by atoms with Gasteiger partial charge in [-0.15, -0.1) is 11.3 Å². The number of H-pyrrole nitrogens is 1. The maximum Gasteiger partial charge on any atom is 0.338 e. The lowest BCUT2D eigenvalue weighted by Gasteiger charge is -2.20. The molecule has 10 nitrogen and oxygen atoms in total. The lowest BCUT2D eigenvalue weighted by atomic mass is 9.97. The predicted octanol–water partition coefficient (Wildman–Crippen LogP) is 8.70. The van der Waals surface area contributed by atoms with E-state index in [1.165, 1.54) is 23.9 Å². The summed E-state index contributed by atoms with van der Waals surface area (Å²) in [6.45, 7) is 2.05. The summed E-state index contributed by atoms with van der Waals surface area (Å²) in [4.78, 5) is 72.8. The number of esters is 1. The number of thiazole rings is 1. The first-order chi connectivity index (χ1) is 27.6. The summed E-state index contributed by atoms with van der Waals surface area (Å²) < 4.78 is 2.02. The van der Waals surface area contributed by atoms with Gasteiger partial charge in [-0.2, -0.15) is 0 Å². The molecule has 3 heterocycles. The summed E-state index contributed by atoms with van der Waals surface area (Å²) in [5.74, 6) is -2.16. The number of aryl methyl sites for hydroxylation is 1. The van der Waals surface area contributed by atoms with Gasteiger partial charge in [-0.1, -0.05) is 160 Å². The number of fused-ring (bicyclic) bond motifs is 1. The van der Waals surface area contributed by atoms with E-state index in [9.17, 15) is 19.2 Å². The Morgan fingerprint density at radius 1 is 0.741 bits per heavy atom. The van der Waals surface area contributed by atoms with Crippen LogP contribution in [-0.4, -0.2) is 50.6 Å². The minimum atomic E-state index is -2.04. The number of ether oxygens (including phenoxy) is 1. The highest BCUT2D eigenvalue weighted by molar-refractivity contribution is 8.08. The minimum absolute atomic E-state index is 0.0337. The van der Waals surface area contributed by atoms with E-state index in [0.717, 1.165) is 27.5 Å². The molecular weight excluding hydrogens is 907 g/mol. The molecule has 0 bridgehead atoms. The number of carbonyl (C=O) groups excluding carboxylic acids is 3. The topological polar surface area (TPSA) is 135 Å². The third-order valence-corrected chi connectivity index (χ3v) is 11.9. The van der Waals surface area contributed by atoms with E-state index in [0.29, 0.717) is 21.7 Å². The molecule has 0 amide bonds. The second-order valence-electron chi connectivity index (χ2n) is 12.5. The van der Waals surface area contributed by atoms with Crippen LogP contribution in [0.5, 0.6) is 0 Å². The number of ketones is 2. The van der Waals surface area contributed by atoms with E-state index in [1.807, 2.05) is 30.0 Å². The van der Waals surface area contributed by atoms with Gasteiger partial charge in [-0.25, -0.2) is 19.7 Å². The second-order valence-corrected chi connectivity index (χ2v) is 19.1. The van der Waals surface area contributed by atoms with Crippen molar-refractivity contribution >= 4 is 127 Å². The van der Waals surface area contributed by atoms with Crippen molar-refractivity contribution in [1.82, 2.24) is 19.9 Å². The average molecular weight is 933 g/mol. The summed E-state index contributed by atoms with van der Waals surface area (Å²) in [6, 6.07) is 28.8. The van der Waals surface area contributed by atoms with Gasteiger partial charge in [0, 0.05) is 21.6 Å². The number of carbonyl (C=O) groups is 3. The number of Topliss-reactive ketones (excluding diaryl/α,β-unsaturated/α-hetero) is 2. The highest BCUT2D eigenvalue weighted by Gasteiger charge is 2.34. The molecule has 7 rings (SSSR count). The monoisotopic (exact) mass is 929 g/mol. The number of nitrogens with zero attached hydrogens (tertiary/aromatic N) is 4. The first-order valence-electron chi connectivity index (χ1n) is 17.0. The molecule has 0 atom stereocenters. The molecule has 0 unspecified atom stereocenters. The third-order valence-electron chi connectivity index (χ3n) is 8.51. The summed E-state index contributed by atoms with van der Waals surface area (Å²) in [5.41, 5.74) is 2.39. The fourth-order valence-corrected chi connectivity index (χ4v) is 8.73. The van der Waals surface area contributed by atoms with Crippen LogP contribution in [0.3, 0.4) is 0 Å². The Morgan fingerprint density at radius 3 is 1.86 bits per heavy atom. The van der Waals surface area contributed by atoms with Crippen molar-refractivity contribution in [2.75, 3.05) is 18.1 Å². The quantitative estimate of drug-likeness (QED) is 0.0650. The van der Waals surface area contributed by atoms with E-state index >= 15 is 0 Å². The molecule has 0 fully saturated rings. The number of thioether (sulfide) groups is 1. The first kappa shape index (κ1) is 41.9. The molecule has 2 aromatic heterocycles. The summed E-state index contributed by atoms with van der Waals surface area (Å²) >= 11 is 38.4. The van der Waals surface area contributed by atoms with Crippen LogP contribution in [-0.2, 0) is 12.3 Å². The van der Waals surface area contributed by atoms with Crippen molar-refractivity contribution < 1.29 is 19.1 Å². The molecule has 58 heavy (non-hydrogen) atoms. The number of hydrogen-bond acceptors (Lipinski definition) is 11. The van der Waals surface area contributed by atoms with E-state index in [-0.39, 0.29) is 51.0 Å². The van der Waals surface area contributed by atoms with E-state index in [2.05, 4.69) is 19.9 Å². The molecular formula is C40H25Cl6N5O5S2. The van der Waals surface area contributed by atoms with Gasteiger partial charge in [-0.05, 0) is 36.8 Å². The first-order valence-corrected chi connectivity index (χ1v) is 20.9. The van der Waals surface area contributed by atoms with Crippen molar-refractivity contribution in [3.05, 3.63) is 157 Å². The Morgan fingerprint density at radius 2 is 1.31 bits per heavy atom. The molecule has 18 heteroatoms. The highest BCUT2D eigenvalue weighted by Crippen LogP contribution is 2.46. The SMILES string of the molecule is Cc1ccc2c(c1)S/C(=c1\sc(=C(C(=O)c3ccccc3)C(=O)c3ccccc3)[nH]c1=O)N2CCOC(=O)c1ccc(-c2nc(C(Cl)(Cl)Cl)nc(C(Cl)(Cl)Cl)n2)cc1. The van der Waals surface area contributed by atoms with Crippen LogP contribution in [0.4, 0.5) is 5.69 Å². The largest absolute Gasteiger partial charge is 0.460 e. The van der Waals surface area contributed by atoms with Crippen molar-refractivity contribution in [2.24, 2.45) is 0 Å². The average Bonchev–Trinajstić information content (AvgIpc) is 3.76. The second kappa shape index (κ2) is 17.2. The van der Waals surface area contributed by atoms with Gasteiger partial charge in [0.1, 0.15) is 26.4 Å². The van der Waals surface area contributed by atoms with Crippen molar-refractivity contribution in [3.8, 4) is 11.4 Å². The Hall–Kier alpha value is -4.24. The van der Waals surface area contributed by atoms with Gasteiger partial charge in [0.2, 0.25) is 7.59 Å². The highest BCUT2D eigenvalue weighted by atomic mass is 35.6. The zero-order valence-corrected chi connectivity index (χ0v) is 35.8. The maximum absolute atomic E-state index is 13.9. The Kier molecular flexibility index (Phi) is 12.4. The van der Waals surface area contributed by atoms with Crippen LogP contribution in [0.15, 0.2) is 113 Å². The Balaban J connectivity index is 1.19. The standard InChI is InChI=1S/C40H25Cl6N5O5S2/c1-21-12-17-26-27(20-21)57-35(31-33(54)49-34(58-31)28(29(52)22-8-4-2-5-9-22)30(53)23-10-6-3-7-11-23)51(26)18-19-56-36(55)25-15-13-24(14-16-25)32-47-37(39(41,42)43)50-38(48-32)40(44,45)46/h2-17,20H,18-19H2,1H3,(H,49,54)/b35-31-. The molecule has 0 saturated carbocycles.